The topological polar surface area (TPSA) is 69.5 Å². The van der Waals surface area contributed by atoms with Gasteiger partial charge in [-0.15, -0.1) is 0 Å². The number of hydrogen-bond donors (Lipinski definition) is 0. The highest BCUT2D eigenvalue weighted by Gasteiger charge is 2.41. The molecule has 4 rings (SSSR count). The first kappa shape index (κ1) is 15.5. The van der Waals surface area contributed by atoms with Crippen LogP contribution in [0.5, 0.6) is 0 Å². The van der Waals surface area contributed by atoms with E-state index in [0.29, 0.717) is 17.7 Å². The van der Waals surface area contributed by atoms with Gasteiger partial charge in [0.25, 0.3) is 0 Å². The molecule has 2 fully saturated rings. The summed E-state index contributed by atoms with van der Waals surface area (Å²) in [4.78, 5) is 19.1. The van der Waals surface area contributed by atoms with Crippen molar-refractivity contribution in [3.63, 3.8) is 0 Å². The molecular formula is C24H31F3N4O2. The predicted octanol–water partition coefficient (Wildman–Crippen LogP) is 4.31. The summed E-state index contributed by atoms with van der Waals surface area (Å²) in [5.74, 6) is -5.35. The van der Waals surface area contributed by atoms with Crippen LogP contribution in [0.4, 0.5) is 19.0 Å². The van der Waals surface area contributed by atoms with Crippen molar-refractivity contribution >= 4 is 11.7 Å². The SMILES string of the molecule is [2H]C([2H])([2H])C([2H])(C([2H])([2H])[2H])[C@@]1([2H])CN(c2nc(C3CC3)c3c(c2C#N)CC(C)(C)OC3)CCN1C(=O)CC(F)(F)F. The fourth-order valence-corrected chi connectivity index (χ4v) is 4.46. The molecule has 0 spiro atoms. The molecule has 6 nitrogen and oxygen atoms in total. The second-order valence-corrected chi connectivity index (χ2v) is 9.34. The lowest BCUT2D eigenvalue weighted by Gasteiger charge is -2.44. The number of halogens is 3. The number of rotatable bonds is 4. The molecule has 1 saturated carbocycles. The standard InChI is InChI=1S/C24H31F3N4O2/c1-14(2)19-12-30(7-8-31(19)20(32)10-24(25,26)27)22-17(11-28)16-9-23(3,4)33-13-18(16)21(29-22)15-5-6-15/h14-15,19H,5-10,12-13H2,1-4H3/t19-/m1/s1/i1D3,2D3,14D,19D. The first-order valence-electron chi connectivity index (χ1n) is 14.8. The Morgan fingerprint density at radius 1 is 1.39 bits per heavy atom. The zero-order chi connectivity index (χ0) is 31.0. The summed E-state index contributed by atoms with van der Waals surface area (Å²) < 4.78 is 111. The molecule has 0 N–H and O–H groups in total. The van der Waals surface area contributed by atoms with Gasteiger partial charge in [0.2, 0.25) is 5.91 Å². The quantitative estimate of drug-likeness (QED) is 0.653. The fraction of sp³-hybridized carbons (Fsp3) is 0.708. The Morgan fingerprint density at radius 3 is 2.73 bits per heavy atom. The number of ether oxygens (including phenoxy) is 1. The van der Waals surface area contributed by atoms with Gasteiger partial charge < -0.3 is 14.5 Å². The summed E-state index contributed by atoms with van der Waals surface area (Å²) in [5.41, 5.74) is 1.50. The Morgan fingerprint density at radius 2 is 2.12 bits per heavy atom. The molecule has 9 heteroatoms. The second-order valence-electron chi connectivity index (χ2n) is 9.34. The number of carbonyl (C=O) groups is 1. The maximum absolute atomic E-state index is 13.2. The molecule has 3 aliphatic rings. The van der Waals surface area contributed by atoms with Crippen molar-refractivity contribution in [2.45, 2.75) is 83.6 Å². The Bertz CT molecular complexity index is 1260. The number of carbonyl (C=O) groups excluding carboxylic acids is 1. The number of pyridine rings is 1. The third kappa shape index (κ3) is 4.96. The number of fused-ring (bicyclic) bond motifs is 1. The lowest BCUT2D eigenvalue weighted by atomic mass is 9.87. The lowest BCUT2D eigenvalue weighted by Crippen LogP contribution is -2.58. The van der Waals surface area contributed by atoms with Gasteiger partial charge in [-0.1, -0.05) is 13.7 Å². The summed E-state index contributed by atoms with van der Waals surface area (Å²) in [6, 6.07) is -1.09. The van der Waals surface area contributed by atoms with E-state index in [1.165, 1.54) is 4.90 Å². The van der Waals surface area contributed by atoms with Gasteiger partial charge in [-0.05, 0) is 38.1 Å². The van der Waals surface area contributed by atoms with E-state index in [1.807, 2.05) is 13.8 Å². The van der Waals surface area contributed by atoms with E-state index in [-0.39, 0.29) is 35.4 Å². The van der Waals surface area contributed by atoms with E-state index >= 15 is 0 Å². The van der Waals surface area contributed by atoms with Crippen molar-refractivity contribution in [1.82, 2.24) is 9.88 Å². The smallest absolute Gasteiger partial charge is 0.370 e. The monoisotopic (exact) mass is 472 g/mol. The number of amides is 1. The number of hydrogen-bond acceptors (Lipinski definition) is 5. The van der Waals surface area contributed by atoms with E-state index in [9.17, 15) is 23.2 Å². The molecule has 0 unspecified atom stereocenters. The highest BCUT2D eigenvalue weighted by atomic mass is 19.4. The Hall–Kier alpha value is -2.34. The van der Waals surface area contributed by atoms with E-state index in [4.69, 9.17) is 20.7 Å². The summed E-state index contributed by atoms with van der Waals surface area (Å²) >= 11 is 0. The van der Waals surface area contributed by atoms with Gasteiger partial charge in [-0.2, -0.15) is 18.4 Å². The van der Waals surface area contributed by atoms with Crippen molar-refractivity contribution in [2.24, 2.45) is 5.89 Å². The van der Waals surface area contributed by atoms with Gasteiger partial charge in [0.05, 0.1) is 30.9 Å². The van der Waals surface area contributed by atoms with E-state index in [1.54, 1.807) is 0 Å². The fourth-order valence-electron chi connectivity index (χ4n) is 4.46. The third-order valence-electron chi connectivity index (χ3n) is 6.21. The van der Waals surface area contributed by atoms with E-state index in [0.717, 1.165) is 18.4 Å². The average Bonchev–Trinajstić information content (AvgIpc) is 3.64. The molecule has 3 heterocycles. The Kier molecular flexibility index (Phi) is 3.98. The molecule has 1 aromatic rings. The van der Waals surface area contributed by atoms with Gasteiger partial charge in [0, 0.05) is 47.1 Å². The van der Waals surface area contributed by atoms with Crippen LogP contribution in [0.25, 0.3) is 0 Å². The molecule has 1 amide bonds. The van der Waals surface area contributed by atoms with Gasteiger partial charge in [0.15, 0.2) is 0 Å². The van der Waals surface area contributed by atoms with Crippen LogP contribution in [0, 0.1) is 17.2 Å². The highest BCUT2D eigenvalue weighted by molar-refractivity contribution is 5.77. The van der Waals surface area contributed by atoms with Crippen LogP contribution < -0.4 is 4.90 Å². The minimum Gasteiger partial charge on any atom is -0.370 e. The normalized spacial score (nSPS) is 29.7. The molecule has 2 aliphatic heterocycles. The van der Waals surface area contributed by atoms with E-state index in [2.05, 4.69) is 6.07 Å². The zero-order valence-corrected chi connectivity index (χ0v) is 18.5. The molecule has 0 aromatic carbocycles. The van der Waals surface area contributed by atoms with Crippen LogP contribution in [0.15, 0.2) is 0 Å². The number of piperazine rings is 1. The van der Waals surface area contributed by atoms with Gasteiger partial charge in [-0.25, -0.2) is 4.98 Å². The van der Waals surface area contributed by atoms with E-state index < -0.39 is 62.8 Å². The van der Waals surface area contributed by atoms with Crippen LogP contribution in [0.3, 0.4) is 0 Å². The predicted molar refractivity (Wildman–Crippen MR) is 117 cm³/mol. The van der Waals surface area contributed by atoms with Crippen LogP contribution in [0.1, 0.15) is 86.1 Å². The zero-order valence-electron chi connectivity index (χ0n) is 26.5. The first-order valence-corrected chi connectivity index (χ1v) is 10.8. The number of aromatic nitrogens is 1. The van der Waals surface area contributed by atoms with Gasteiger partial charge in [-0.3, -0.25) is 4.79 Å². The second kappa shape index (κ2) is 8.46. The summed E-state index contributed by atoms with van der Waals surface area (Å²) in [6.45, 7) is -5.49. The molecular weight excluding hydrogens is 433 g/mol. The molecule has 33 heavy (non-hydrogen) atoms. The van der Waals surface area contributed by atoms with Crippen LogP contribution in [-0.4, -0.2) is 53.2 Å². The molecule has 1 aliphatic carbocycles. The summed E-state index contributed by atoms with van der Waals surface area (Å²) in [7, 11) is 0. The van der Waals surface area contributed by atoms with Crippen LogP contribution in [-0.2, 0) is 22.6 Å². The molecule has 1 atom stereocenters. The first-order chi connectivity index (χ1) is 18.6. The number of alkyl halides is 3. The average molecular weight is 473 g/mol. The van der Waals surface area contributed by atoms with Crippen molar-refractivity contribution in [3.8, 4) is 6.07 Å². The molecule has 180 valence electrons. The lowest BCUT2D eigenvalue weighted by molar-refractivity contribution is -0.164. The maximum Gasteiger partial charge on any atom is 0.397 e. The van der Waals surface area contributed by atoms with Gasteiger partial charge in [0.1, 0.15) is 18.3 Å². The summed E-state index contributed by atoms with van der Waals surface area (Å²) in [6.07, 6.45) is -5.12. The molecule has 1 saturated heterocycles. The third-order valence-corrected chi connectivity index (χ3v) is 6.21. The Labute approximate surface area is 203 Å². The number of nitriles is 1. The Balaban J connectivity index is 1.90. The highest BCUT2D eigenvalue weighted by Crippen LogP contribution is 2.46. The molecule has 0 radical (unpaired) electrons. The van der Waals surface area contributed by atoms with Crippen LogP contribution >= 0.6 is 0 Å². The van der Waals surface area contributed by atoms with Crippen molar-refractivity contribution in [3.05, 3.63) is 22.4 Å². The largest absolute Gasteiger partial charge is 0.397 e. The molecule has 0 bridgehead atoms. The maximum atomic E-state index is 13.2. The van der Waals surface area contributed by atoms with Crippen molar-refractivity contribution < 1.29 is 33.7 Å². The minimum atomic E-state index is -5.03. The van der Waals surface area contributed by atoms with Crippen molar-refractivity contribution in [1.29, 1.82) is 5.26 Å². The molecule has 1 aromatic heterocycles. The van der Waals surface area contributed by atoms with Gasteiger partial charge >= 0.3 is 6.18 Å². The van der Waals surface area contributed by atoms with Crippen molar-refractivity contribution in [2.75, 3.05) is 24.5 Å². The number of anilines is 1. The summed E-state index contributed by atoms with van der Waals surface area (Å²) in [5, 5.41) is 10.2. The number of nitrogens with zero attached hydrogens (tertiary/aromatic N) is 4. The minimum absolute atomic E-state index is 0.0174. The van der Waals surface area contributed by atoms with Crippen LogP contribution in [0.2, 0.25) is 0 Å².